The summed E-state index contributed by atoms with van der Waals surface area (Å²) in [6.45, 7) is 4.21. The van der Waals surface area contributed by atoms with Crippen LogP contribution in [0, 0.1) is 5.92 Å². The van der Waals surface area contributed by atoms with Crippen molar-refractivity contribution in [3.63, 3.8) is 0 Å². The van der Waals surface area contributed by atoms with Crippen LogP contribution >= 0.6 is 0 Å². The van der Waals surface area contributed by atoms with Crippen molar-refractivity contribution in [1.82, 2.24) is 0 Å². The van der Waals surface area contributed by atoms with Crippen molar-refractivity contribution in [3.8, 4) is 0 Å². The number of hydrogen-bond donors (Lipinski definition) is 0. The van der Waals surface area contributed by atoms with E-state index in [0.717, 1.165) is 31.3 Å². The van der Waals surface area contributed by atoms with Crippen LogP contribution in [0.1, 0.15) is 52.4 Å². The summed E-state index contributed by atoms with van der Waals surface area (Å²) >= 11 is 0. The Labute approximate surface area is 81.2 Å². The third-order valence-corrected chi connectivity index (χ3v) is 2.96. The lowest BCUT2D eigenvalue weighted by Gasteiger charge is -2.16. The Balaban J connectivity index is 2.59. The van der Waals surface area contributed by atoms with Gasteiger partial charge in [-0.2, -0.15) is 0 Å². The minimum absolute atomic E-state index is 0.282. The van der Waals surface area contributed by atoms with Crippen molar-refractivity contribution in [2.24, 2.45) is 5.92 Å². The first kappa shape index (κ1) is 10.5. The molecule has 0 fully saturated rings. The second-order valence-corrected chi connectivity index (χ2v) is 3.85. The normalized spacial score (nSPS) is 17.3. The molecule has 13 heavy (non-hydrogen) atoms. The second-order valence-electron chi connectivity index (χ2n) is 3.85. The second kappa shape index (κ2) is 5.21. The maximum atomic E-state index is 11.9. The lowest BCUT2D eigenvalue weighted by molar-refractivity contribution is -0.119. The highest BCUT2D eigenvalue weighted by atomic mass is 16.1. The molecule has 0 unspecified atom stereocenters. The van der Waals surface area contributed by atoms with Gasteiger partial charge in [0.15, 0.2) is 5.78 Å². The molecular weight excluding hydrogens is 160 g/mol. The van der Waals surface area contributed by atoms with Crippen molar-refractivity contribution in [2.75, 3.05) is 0 Å². The van der Waals surface area contributed by atoms with Crippen LogP contribution < -0.4 is 0 Å². The molecule has 0 spiro atoms. The molecule has 1 aliphatic carbocycles. The van der Waals surface area contributed by atoms with Crippen LogP contribution in [0.15, 0.2) is 11.6 Å². The van der Waals surface area contributed by atoms with Crippen LogP contribution in [-0.4, -0.2) is 5.78 Å². The first-order valence-corrected chi connectivity index (χ1v) is 5.52. The van der Waals surface area contributed by atoms with Gasteiger partial charge in [0.1, 0.15) is 0 Å². The molecule has 0 saturated carbocycles. The topological polar surface area (TPSA) is 17.1 Å². The number of allylic oxidation sites excluding steroid dienone is 2. The van der Waals surface area contributed by atoms with Crippen LogP contribution in [0.5, 0.6) is 0 Å². The molecule has 0 aliphatic heterocycles. The van der Waals surface area contributed by atoms with Gasteiger partial charge in [-0.05, 0) is 44.1 Å². The van der Waals surface area contributed by atoms with Crippen molar-refractivity contribution in [1.29, 1.82) is 0 Å². The Morgan fingerprint density at radius 1 is 1.38 bits per heavy atom. The molecule has 0 heterocycles. The zero-order chi connectivity index (χ0) is 9.68. The molecule has 0 atom stereocenters. The fourth-order valence-corrected chi connectivity index (χ4v) is 1.98. The van der Waals surface area contributed by atoms with Crippen molar-refractivity contribution < 1.29 is 4.79 Å². The smallest absolute Gasteiger partial charge is 0.161 e. The molecule has 0 N–H and O–H groups in total. The summed E-state index contributed by atoms with van der Waals surface area (Å²) in [5.41, 5.74) is 1.11. The summed E-state index contributed by atoms with van der Waals surface area (Å²) in [6.07, 6.45) is 8.75. The minimum atomic E-state index is 0.282. The van der Waals surface area contributed by atoms with E-state index in [0.29, 0.717) is 5.78 Å². The van der Waals surface area contributed by atoms with Gasteiger partial charge in [0.2, 0.25) is 0 Å². The summed E-state index contributed by atoms with van der Waals surface area (Å²) in [5, 5.41) is 0. The van der Waals surface area contributed by atoms with Crippen LogP contribution in [0.25, 0.3) is 0 Å². The minimum Gasteiger partial charge on any atom is -0.294 e. The van der Waals surface area contributed by atoms with Crippen LogP contribution in [0.3, 0.4) is 0 Å². The number of carbonyl (C=O) groups excluding carboxylic acids is 1. The van der Waals surface area contributed by atoms with E-state index in [1.54, 1.807) is 0 Å². The van der Waals surface area contributed by atoms with Crippen molar-refractivity contribution in [2.45, 2.75) is 52.4 Å². The Bertz CT molecular complexity index is 199. The van der Waals surface area contributed by atoms with E-state index < -0.39 is 0 Å². The van der Waals surface area contributed by atoms with Gasteiger partial charge in [0.25, 0.3) is 0 Å². The highest BCUT2D eigenvalue weighted by molar-refractivity contribution is 5.97. The van der Waals surface area contributed by atoms with E-state index >= 15 is 0 Å². The summed E-state index contributed by atoms with van der Waals surface area (Å²) in [7, 11) is 0. The fraction of sp³-hybridized carbons (Fsp3) is 0.750. The first-order chi connectivity index (χ1) is 6.29. The Hall–Kier alpha value is -0.590. The van der Waals surface area contributed by atoms with E-state index in [1.807, 2.05) is 0 Å². The summed E-state index contributed by atoms with van der Waals surface area (Å²) in [5.74, 6) is 0.703. The van der Waals surface area contributed by atoms with Crippen LogP contribution in [-0.2, 0) is 4.79 Å². The van der Waals surface area contributed by atoms with E-state index in [4.69, 9.17) is 0 Å². The van der Waals surface area contributed by atoms with Gasteiger partial charge in [0, 0.05) is 5.92 Å². The molecule has 1 rings (SSSR count). The molecule has 1 heteroatoms. The van der Waals surface area contributed by atoms with Gasteiger partial charge in [0.05, 0.1) is 0 Å². The molecule has 0 saturated heterocycles. The predicted molar refractivity (Wildman–Crippen MR) is 55.6 cm³/mol. The molecule has 0 radical (unpaired) electrons. The maximum Gasteiger partial charge on any atom is 0.161 e. The molecular formula is C12H20O. The van der Waals surface area contributed by atoms with Crippen molar-refractivity contribution >= 4 is 5.78 Å². The van der Waals surface area contributed by atoms with E-state index in [1.165, 1.54) is 12.8 Å². The molecule has 0 aromatic carbocycles. The Kier molecular flexibility index (Phi) is 4.20. The standard InChI is InChI=1S/C12H20O/c1-3-10(4-2)12(13)11-8-6-5-7-9-11/h8,10H,3-7,9H2,1-2H3. The molecule has 1 aliphatic rings. The Morgan fingerprint density at radius 2 is 2.08 bits per heavy atom. The van der Waals surface area contributed by atoms with Gasteiger partial charge < -0.3 is 0 Å². The largest absolute Gasteiger partial charge is 0.294 e. The summed E-state index contributed by atoms with van der Waals surface area (Å²) in [4.78, 5) is 11.9. The van der Waals surface area contributed by atoms with Gasteiger partial charge in [-0.1, -0.05) is 19.9 Å². The lowest BCUT2D eigenvalue weighted by atomic mass is 9.87. The molecule has 0 aromatic heterocycles. The molecule has 0 aromatic rings. The van der Waals surface area contributed by atoms with E-state index in [-0.39, 0.29) is 5.92 Å². The van der Waals surface area contributed by atoms with E-state index in [2.05, 4.69) is 19.9 Å². The molecule has 1 nitrogen and oxygen atoms in total. The monoisotopic (exact) mass is 180 g/mol. The number of hydrogen-bond acceptors (Lipinski definition) is 1. The lowest BCUT2D eigenvalue weighted by Crippen LogP contribution is -2.16. The number of ketones is 1. The number of Topliss-reactive ketones (excluding diaryl/α,β-unsaturated/α-hetero) is 1. The molecule has 74 valence electrons. The summed E-state index contributed by atoms with van der Waals surface area (Å²) < 4.78 is 0. The number of carbonyl (C=O) groups is 1. The fourth-order valence-electron chi connectivity index (χ4n) is 1.98. The van der Waals surface area contributed by atoms with Crippen LogP contribution in [0.2, 0.25) is 0 Å². The summed E-state index contributed by atoms with van der Waals surface area (Å²) in [6, 6.07) is 0. The number of rotatable bonds is 4. The molecule has 0 amide bonds. The van der Waals surface area contributed by atoms with E-state index in [9.17, 15) is 4.79 Å². The first-order valence-electron chi connectivity index (χ1n) is 5.52. The zero-order valence-corrected chi connectivity index (χ0v) is 8.81. The quantitative estimate of drug-likeness (QED) is 0.647. The zero-order valence-electron chi connectivity index (χ0n) is 8.81. The average molecular weight is 180 g/mol. The highest BCUT2D eigenvalue weighted by Crippen LogP contribution is 2.23. The van der Waals surface area contributed by atoms with Crippen LogP contribution in [0.4, 0.5) is 0 Å². The van der Waals surface area contributed by atoms with Gasteiger partial charge in [-0.25, -0.2) is 0 Å². The highest BCUT2D eigenvalue weighted by Gasteiger charge is 2.19. The average Bonchev–Trinajstić information content (AvgIpc) is 2.21. The Morgan fingerprint density at radius 3 is 2.54 bits per heavy atom. The van der Waals surface area contributed by atoms with Gasteiger partial charge >= 0.3 is 0 Å². The molecule has 0 bridgehead atoms. The van der Waals surface area contributed by atoms with Gasteiger partial charge in [-0.15, -0.1) is 0 Å². The SMILES string of the molecule is CCC(CC)C(=O)C1=CCCCC1. The van der Waals surface area contributed by atoms with Gasteiger partial charge in [-0.3, -0.25) is 4.79 Å². The third kappa shape index (κ3) is 2.68. The maximum absolute atomic E-state index is 11.9. The third-order valence-electron chi connectivity index (χ3n) is 2.96. The predicted octanol–water partition coefficient (Wildman–Crippen LogP) is 3.49. The van der Waals surface area contributed by atoms with Crippen molar-refractivity contribution in [3.05, 3.63) is 11.6 Å².